The van der Waals surface area contributed by atoms with E-state index in [1.165, 1.54) is 31.2 Å². The number of likely N-dealkylation sites (tertiary alicyclic amines) is 1. The van der Waals surface area contributed by atoms with E-state index in [9.17, 15) is 4.79 Å². The Bertz CT molecular complexity index is 512. The number of hydrogen-bond donors (Lipinski definition) is 1. The number of anilines is 1. The second-order valence-corrected chi connectivity index (χ2v) is 5.73. The Morgan fingerprint density at radius 3 is 2.81 bits per heavy atom. The first-order valence-corrected chi connectivity index (χ1v) is 7.70. The van der Waals surface area contributed by atoms with Gasteiger partial charge < -0.3 is 15.0 Å². The van der Waals surface area contributed by atoms with Crippen molar-refractivity contribution in [3.63, 3.8) is 0 Å². The predicted molar refractivity (Wildman–Crippen MR) is 79.3 cm³/mol. The topological polar surface area (TPSA) is 67.3 Å². The zero-order chi connectivity index (χ0) is 14.7. The van der Waals surface area contributed by atoms with Crippen molar-refractivity contribution >= 4 is 11.9 Å². The Labute approximate surface area is 124 Å². The Kier molecular flexibility index (Phi) is 4.22. The summed E-state index contributed by atoms with van der Waals surface area (Å²) >= 11 is 0. The van der Waals surface area contributed by atoms with Gasteiger partial charge in [-0.2, -0.15) is 0 Å². The Hall–Kier alpha value is -1.85. The zero-order valence-corrected chi connectivity index (χ0v) is 12.5. The van der Waals surface area contributed by atoms with Gasteiger partial charge in [-0.05, 0) is 38.5 Å². The molecule has 0 radical (unpaired) electrons. The average molecular weight is 290 g/mol. The van der Waals surface area contributed by atoms with Gasteiger partial charge in [-0.15, -0.1) is 0 Å². The van der Waals surface area contributed by atoms with Gasteiger partial charge in [-0.1, -0.05) is 0 Å². The summed E-state index contributed by atoms with van der Waals surface area (Å²) in [6, 6.07) is 0.367. The number of piperidine rings is 1. The number of nitrogens with one attached hydrogen (secondary N) is 1. The fraction of sp³-hybridized carbons (Fsp3) is 0.667. The number of carbonyl (C=O) groups is 1. The molecule has 2 aliphatic rings. The predicted octanol–water partition coefficient (Wildman–Crippen LogP) is 2.00. The van der Waals surface area contributed by atoms with Crippen LogP contribution in [0.1, 0.15) is 36.9 Å². The third kappa shape index (κ3) is 3.09. The van der Waals surface area contributed by atoms with Crippen LogP contribution in [-0.4, -0.2) is 47.2 Å². The minimum absolute atomic E-state index is 0.229. The highest BCUT2D eigenvalue weighted by molar-refractivity contribution is 5.67. The molecule has 0 bridgehead atoms. The molecule has 21 heavy (non-hydrogen) atoms. The fourth-order valence-corrected chi connectivity index (χ4v) is 3.17. The van der Waals surface area contributed by atoms with Crippen LogP contribution in [0.25, 0.3) is 0 Å². The summed E-state index contributed by atoms with van der Waals surface area (Å²) < 4.78 is 4.76. The molecule has 0 atom stereocenters. The maximum Gasteiger partial charge on any atom is 0.409 e. The Morgan fingerprint density at radius 1 is 1.29 bits per heavy atom. The normalized spacial score (nSPS) is 19.0. The molecule has 1 aliphatic heterocycles. The van der Waals surface area contributed by atoms with Gasteiger partial charge >= 0.3 is 6.09 Å². The summed E-state index contributed by atoms with van der Waals surface area (Å²) in [5.41, 5.74) is 2.49. The van der Waals surface area contributed by atoms with Crippen LogP contribution in [0.15, 0.2) is 6.33 Å². The summed E-state index contributed by atoms with van der Waals surface area (Å²) in [7, 11) is 1.43. The van der Waals surface area contributed by atoms with Crippen LogP contribution >= 0.6 is 0 Å². The standard InChI is InChI=1S/C15H22N4O2/c1-21-15(20)19-8-6-11(7-9-19)18-14-12-4-2-3-5-13(12)16-10-17-14/h10-11H,2-9H2,1H3,(H,16,17,18). The lowest BCUT2D eigenvalue weighted by molar-refractivity contribution is 0.113. The highest BCUT2D eigenvalue weighted by Gasteiger charge is 2.24. The highest BCUT2D eigenvalue weighted by Crippen LogP contribution is 2.26. The van der Waals surface area contributed by atoms with Gasteiger partial charge in [0.05, 0.1) is 7.11 Å². The summed E-state index contributed by atoms with van der Waals surface area (Å²) in [5.74, 6) is 0.996. The second kappa shape index (κ2) is 6.28. The van der Waals surface area contributed by atoms with Gasteiger partial charge in [0.25, 0.3) is 0 Å². The fourth-order valence-electron chi connectivity index (χ4n) is 3.17. The number of hydrogen-bond acceptors (Lipinski definition) is 5. The molecule has 0 saturated carbocycles. The maximum atomic E-state index is 11.5. The molecule has 1 aliphatic carbocycles. The van der Waals surface area contributed by atoms with Crippen molar-refractivity contribution in [3.05, 3.63) is 17.6 Å². The van der Waals surface area contributed by atoms with E-state index in [1.807, 2.05) is 0 Å². The van der Waals surface area contributed by atoms with E-state index < -0.39 is 0 Å². The smallest absolute Gasteiger partial charge is 0.409 e. The molecule has 1 aromatic rings. The van der Waals surface area contributed by atoms with Gasteiger partial charge in [0.2, 0.25) is 0 Å². The van der Waals surface area contributed by atoms with Crippen LogP contribution in [0.5, 0.6) is 0 Å². The molecule has 1 aromatic heterocycles. The lowest BCUT2D eigenvalue weighted by atomic mass is 9.96. The van der Waals surface area contributed by atoms with Crippen molar-refractivity contribution in [3.8, 4) is 0 Å². The largest absolute Gasteiger partial charge is 0.453 e. The number of carbonyl (C=O) groups excluding carboxylic acids is 1. The van der Waals surface area contributed by atoms with Crippen LogP contribution in [0.4, 0.5) is 10.6 Å². The van der Waals surface area contributed by atoms with E-state index in [-0.39, 0.29) is 6.09 Å². The van der Waals surface area contributed by atoms with E-state index in [0.29, 0.717) is 6.04 Å². The summed E-state index contributed by atoms with van der Waals surface area (Å²) in [4.78, 5) is 22.1. The molecule has 6 heteroatoms. The highest BCUT2D eigenvalue weighted by atomic mass is 16.5. The van der Waals surface area contributed by atoms with Crippen LogP contribution in [0.2, 0.25) is 0 Å². The molecule has 3 rings (SSSR count). The van der Waals surface area contributed by atoms with Gasteiger partial charge in [0.1, 0.15) is 12.1 Å². The molecule has 0 unspecified atom stereocenters. The van der Waals surface area contributed by atoms with Crippen LogP contribution in [-0.2, 0) is 17.6 Å². The van der Waals surface area contributed by atoms with E-state index in [0.717, 1.165) is 44.6 Å². The number of ether oxygens (including phenoxy) is 1. The van der Waals surface area contributed by atoms with E-state index in [2.05, 4.69) is 15.3 Å². The average Bonchev–Trinajstić information content (AvgIpc) is 2.55. The zero-order valence-electron chi connectivity index (χ0n) is 12.5. The van der Waals surface area contributed by atoms with Crippen molar-refractivity contribution in [2.24, 2.45) is 0 Å². The van der Waals surface area contributed by atoms with Crippen LogP contribution in [0, 0.1) is 0 Å². The summed E-state index contributed by atoms with van der Waals surface area (Å²) in [5, 5.41) is 3.56. The number of nitrogens with zero attached hydrogens (tertiary/aromatic N) is 3. The number of fused-ring (bicyclic) bond motifs is 1. The SMILES string of the molecule is COC(=O)N1CCC(Nc2ncnc3c2CCCC3)CC1. The summed E-state index contributed by atoms with van der Waals surface area (Å²) in [6.07, 6.45) is 7.86. The molecule has 0 spiro atoms. The molecule has 1 N–H and O–H groups in total. The number of rotatable bonds is 2. The Balaban J connectivity index is 1.62. The van der Waals surface area contributed by atoms with Gasteiger partial charge in [0, 0.05) is 30.4 Å². The van der Waals surface area contributed by atoms with E-state index in [4.69, 9.17) is 4.74 Å². The minimum Gasteiger partial charge on any atom is -0.453 e. The third-order valence-electron chi connectivity index (χ3n) is 4.39. The van der Waals surface area contributed by atoms with E-state index in [1.54, 1.807) is 11.2 Å². The number of methoxy groups -OCH3 is 1. The molecule has 114 valence electrons. The minimum atomic E-state index is -0.229. The molecule has 1 amide bonds. The monoisotopic (exact) mass is 290 g/mol. The summed E-state index contributed by atoms with van der Waals surface area (Å²) in [6.45, 7) is 1.47. The maximum absolute atomic E-state index is 11.5. The first kappa shape index (κ1) is 14.1. The molecular formula is C15H22N4O2. The Morgan fingerprint density at radius 2 is 2.05 bits per heavy atom. The van der Waals surface area contributed by atoms with Crippen molar-refractivity contribution < 1.29 is 9.53 Å². The molecule has 2 heterocycles. The number of amides is 1. The molecule has 1 fully saturated rings. The van der Waals surface area contributed by atoms with Crippen molar-refractivity contribution in [1.29, 1.82) is 0 Å². The van der Waals surface area contributed by atoms with Gasteiger partial charge in [0.15, 0.2) is 0 Å². The lowest BCUT2D eigenvalue weighted by Gasteiger charge is -2.32. The molecule has 1 saturated heterocycles. The van der Waals surface area contributed by atoms with Crippen molar-refractivity contribution in [2.45, 2.75) is 44.6 Å². The van der Waals surface area contributed by atoms with Crippen LogP contribution in [0.3, 0.4) is 0 Å². The molecule has 0 aromatic carbocycles. The van der Waals surface area contributed by atoms with Gasteiger partial charge in [-0.25, -0.2) is 14.8 Å². The number of aryl methyl sites for hydroxylation is 1. The first-order valence-electron chi connectivity index (χ1n) is 7.70. The van der Waals surface area contributed by atoms with Crippen molar-refractivity contribution in [2.75, 3.05) is 25.5 Å². The molecule has 6 nitrogen and oxygen atoms in total. The lowest BCUT2D eigenvalue weighted by Crippen LogP contribution is -2.42. The molecular weight excluding hydrogens is 268 g/mol. The third-order valence-corrected chi connectivity index (χ3v) is 4.39. The van der Waals surface area contributed by atoms with Crippen LogP contribution < -0.4 is 5.32 Å². The second-order valence-electron chi connectivity index (χ2n) is 5.73. The van der Waals surface area contributed by atoms with E-state index >= 15 is 0 Å². The number of aromatic nitrogens is 2. The van der Waals surface area contributed by atoms with Gasteiger partial charge in [-0.3, -0.25) is 0 Å². The first-order chi connectivity index (χ1) is 10.3. The quantitative estimate of drug-likeness (QED) is 0.902. The van der Waals surface area contributed by atoms with Crippen molar-refractivity contribution in [1.82, 2.24) is 14.9 Å².